The second-order valence-corrected chi connectivity index (χ2v) is 11.7. The number of pyridine rings is 1. The molecule has 5 aromatic carbocycles. The van der Waals surface area contributed by atoms with Crippen LogP contribution in [0.2, 0.25) is 0 Å². The van der Waals surface area contributed by atoms with E-state index in [2.05, 4.69) is 122 Å². The van der Waals surface area contributed by atoms with Gasteiger partial charge in [-0.25, -0.2) is 9.97 Å². The molecule has 7 aromatic rings. The highest BCUT2D eigenvalue weighted by Gasteiger charge is 2.37. The molecule has 0 saturated heterocycles. The first-order valence-electron chi connectivity index (χ1n) is 14.7. The number of nitrogens with zero attached hydrogens (tertiary/aromatic N) is 3. The van der Waals surface area contributed by atoms with Crippen molar-refractivity contribution in [3.63, 3.8) is 0 Å². The maximum Gasteiger partial charge on any atom is 0.160 e. The zero-order valence-corrected chi connectivity index (χ0v) is 24.1. The number of hydrogen-bond acceptors (Lipinski definition) is 3. The molecule has 0 atom stereocenters. The summed E-state index contributed by atoms with van der Waals surface area (Å²) in [5.74, 6) is 0.720. The molecule has 0 unspecified atom stereocenters. The summed E-state index contributed by atoms with van der Waals surface area (Å²) in [7, 11) is 0. The lowest BCUT2D eigenvalue weighted by atomic mass is 9.81. The third-order valence-corrected chi connectivity index (χ3v) is 8.78. The van der Waals surface area contributed by atoms with Crippen molar-refractivity contribution in [2.75, 3.05) is 0 Å². The predicted octanol–water partition coefficient (Wildman–Crippen LogP) is 10.00. The molecule has 1 aliphatic rings. The van der Waals surface area contributed by atoms with Gasteiger partial charge in [0.2, 0.25) is 0 Å². The molecule has 0 saturated carbocycles. The normalized spacial score (nSPS) is 13.1. The number of benzene rings is 5. The van der Waals surface area contributed by atoms with Crippen LogP contribution in [0.1, 0.15) is 25.0 Å². The van der Waals surface area contributed by atoms with E-state index in [1.807, 2.05) is 30.5 Å². The van der Waals surface area contributed by atoms with Crippen molar-refractivity contribution in [2.24, 2.45) is 0 Å². The fraction of sp³-hybridized carbons (Fsp3) is 0.0750. The van der Waals surface area contributed by atoms with Gasteiger partial charge < -0.3 is 0 Å². The van der Waals surface area contributed by atoms with Gasteiger partial charge >= 0.3 is 0 Å². The van der Waals surface area contributed by atoms with Gasteiger partial charge in [0.1, 0.15) is 0 Å². The first-order valence-corrected chi connectivity index (χ1v) is 14.7. The Kier molecular flexibility index (Phi) is 5.80. The van der Waals surface area contributed by atoms with Crippen LogP contribution in [-0.4, -0.2) is 15.0 Å². The SMILES string of the molecule is CC1(C)c2cc3ccccc3cc2-c2c(-c3cc(-c4ccc(-c5cccnc5)cc4)nc(-c4ccccc4)n3)cccc21. The highest BCUT2D eigenvalue weighted by molar-refractivity contribution is 5.98. The van der Waals surface area contributed by atoms with E-state index in [4.69, 9.17) is 9.97 Å². The zero-order chi connectivity index (χ0) is 29.0. The Labute approximate surface area is 251 Å². The fourth-order valence-corrected chi connectivity index (χ4v) is 6.50. The smallest absolute Gasteiger partial charge is 0.160 e. The molecule has 8 rings (SSSR count). The summed E-state index contributed by atoms with van der Waals surface area (Å²) in [6.45, 7) is 4.67. The molecule has 0 amide bonds. The lowest BCUT2D eigenvalue weighted by molar-refractivity contribution is 0.661. The molecule has 0 radical (unpaired) electrons. The van der Waals surface area contributed by atoms with E-state index in [1.165, 1.54) is 33.0 Å². The Balaban J connectivity index is 1.33. The average molecular weight is 552 g/mol. The molecule has 204 valence electrons. The van der Waals surface area contributed by atoms with Gasteiger partial charge in [0.15, 0.2) is 5.82 Å². The summed E-state index contributed by atoms with van der Waals surface area (Å²) in [5.41, 5.74) is 12.3. The van der Waals surface area contributed by atoms with Crippen molar-refractivity contribution in [3.05, 3.63) is 151 Å². The maximum absolute atomic E-state index is 5.21. The minimum atomic E-state index is -0.120. The maximum atomic E-state index is 5.21. The molecule has 0 bridgehead atoms. The van der Waals surface area contributed by atoms with E-state index in [0.29, 0.717) is 0 Å². The van der Waals surface area contributed by atoms with E-state index < -0.39 is 0 Å². The van der Waals surface area contributed by atoms with Gasteiger partial charge in [-0.2, -0.15) is 0 Å². The standard InChI is InChI=1S/C40H29N3/c1-40(2)34-16-8-15-32(38(34)33-22-29-12-6-7-13-30(29)23-35(33)40)37-24-36(42-39(43-37)28-10-4-3-5-11-28)27-19-17-26(18-20-27)31-14-9-21-41-25-31/h3-25H,1-2H3. The van der Waals surface area contributed by atoms with Gasteiger partial charge in [-0.1, -0.05) is 117 Å². The van der Waals surface area contributed by atoms with Crippen LogP contribution in [0.15, 0.2) is 140 Å². The fourth-order valence-electron chi connectivity index (χ4n) is 6.50. The number of fused-ring (bicyclic) bond motifs is 4. The van der Waals surface area contributed by atoms with Crippen molar-refractivity contribution < 1.29 is 0 Å². The minimum absolute atomic E-state index is 0.120. The Hall–Kier alpha value is -5.41. The Morgan fingerprint density at radius 2 is 1.19 bits per heavy atom. The van der Waals surface area contributed by atoms with E-state index in [0.717, 1.165) is 45.0 Å². The molecular formula is C40H29N3. The van der Waals surface area contributed by atoms with Gasteiger partial charge in [-0.05, 0) is 68.4 Å². The summed E-state index contributed by atoms with van der Waals surface area (Å²) >= 11 is 0. The van der Waals surface area contributed by atoms with Crippen molar-refractivity contribution >= 4 is 10.8 Å². The summed E-state index contributed by atoms with van der Waals surface area (Å²) in [5, 5.41) is 2.52. The first kappa shape index (κ1) is 25.3. The quantitative estimate of drug-likeness (QED) is 0.218. The van der Waals surface area contributed by atoms with Crippen molar-refractivity contribution in [2.45, 2.75) is 19.3 Å². The van der Waals surface area contributed by atoms with Crippen LogP contribution >= 0.6 is 0 Å². The minimum Gasteiger partial charge on any atom is -0.264 e. The van der Waals surface area contributed by atoms with Crippen LogP contribution < -0.4 is 0 Å². The molecular weight excluding hydrogens is 522 g/mol. The molecule has 2 heterocycles. The molecule has 0 aliphatic heterocycles. The topological polar surface area (TPSA) is 38.7 Å². The monoisotopic (exact) mass is 551 g/mol. The lowest BCUT2D eigenvalue weighted by Crippen LogP contribution is -2.14. The van der Waals surface area contributed by atoms with E-state index in [9.17, 15) is 0 Å². The summed E-state index contributed by atoms with van der Waals surface area (Å²) in [6.07, 6.45) is 3.69. The molecule has 0 fully saturated rings. The van der Waals surface area contributed by atoms with Gasteiger partial charge in [-0.3, -0.25) is 4.98 Å². The van der Waals surface area contributed by atoms with Crippen LogP contribution in [-0.2, 0) is 5.41 Å². The van der Waals surface area contributed by atoms with Gasteiger partial charge in [0.25, 0.3) is 0 Å². The average Bonchev–Trinajstić information content (AvgIpc) is 3.30. The van der Waals surface area contributed by atoms with Gasteiger partial charge in [0.05, 0.1) is 11.4 Å². The zero-order valence-electron chi connectivity index (χ0n) is 24.1. The van der Waals surface area contributed by atoms with E-state index in [-0.39, 0.29) is 5.41 Å². The van der Waals surface area contributed by atoms with Gasteiger partial charge in [0, 0.05) is 34.5 Å². The number of hydrogen-bond donors (Lipinski definition) is 0. The van der Waals surface area contributed by atoms with Crippen molar-refractivity contribution in [1.82, 2.24) is 15.0 Å². The largest absolute Gasteiger partial charge is 0.264 e. The van der Waals surface area contributed by atoms with E-state index >= 15 is 0 Å². The second kappa shape index (κ2) is 9.85. The van der Waals surface area contributed by atoms with Crippen molar-refractivity contribution in [3.8, 4) is 56.2 Å². The third kappa shape index (κ3) is 4.24. The predicted molar refractivity (Wildman–Crippen MR) is 177 cm³/mol. The van der Waals surface area contributed by atoms with Crippen LogP contribution in [0, 0.1) is 0 Å². The third-order valence-electron chi connectivity index (χ3n) is 8.78. The Morgan fingerprint density at radius 1 is 0.488 bits per heavy atom. The van der Waals surface area contributed by atoms with E-state index in [1.54, 1.807) is 6.20 Å². The highest BCUT2D eigenvalue weighted by atomic mass is 14.9. The molecule has 2 aromatic heterocycles. The Bertz CT molecular complexity index is 2130. The van der Waals surface area contributed by atoms with Gasteiger partial charge in [-0.15, -0.1) is 0 Å². The van der Waals surface area contributed by atoms with Crippen LogP contribution in [0.25, 0.3) is 66.9 Å². The molecule has 43 heavy (non-hydrogen) atoms. The van der Waals surface area contributed by atoms with Crippen LogP contribution in [0.4, 0.5) is 0 Å². The van der Waals surface area contributed by atoms with Crippen LogP contribution in [0.3, 0.4) is 0 Å². The Morgan fingerprint density at radius 3 is 1.95 bits per heavy atom. The first-order chi connectivity index (χ1) is 21.1. The second-order valence-electron chi connectivity index (χ2n) is 11.7. The summed E-state index contributed by atoms with van der Waals surface area (Å²) in [4.78, 5) is 14.6. The summed E-state index contributed by atoms with van der Waals surface area (Å²) < 4.78 is 0. The highest BCUT2D eigenvalue weighted by Crippen LogP contribution is 2.53. The van der Waals surface area contributed by atoms with Crippen LogP contribution in [0.5, 0.6) is 0 Å². The molecule has 3 heteroatoms. The van der Waals surface area contributed by atoms with Crippen molar-refractivity contribution in [1.29, 1.82) is 0 Å². The molecule has 1 aliphatic carbocycles. The number of aromatic nitrogens is 3. The lowest BCUT2D eigenvalue weighted by Gasteiger charge is -2.22. The molecule has 0 spiro atoms. The summed E-state index contributed by atoms with van der Waals surface area (Å²) in [6, 6.07) is 45.1. The molecule has 0 N–H and O–H groups in total. The number of rotatable bonds is 4. The molecule has 3 nitrogen and oxygen atoms in total.